The highest BCUT2D eigenvalue weighted by Gasteiger charge is 2.12. The lowest BCUT2D eigenvalue weighted by Gasteiger charge is -2.13. The fourth-order valence-electron chi connectivity index (χ4n) is 1.78. The molecule has 1 heterocycles. The summed E-state index contributed by atoms with van der Waals surface area (Å²) < 4.78 is 6.79. The summed E-state index contributed by atoms with van der Waals surface area (Å²) in [5.74, 6) is 1.41. The van der Waals surface area contributed by atoms with Crippen LogP contribution in [0.25, 0.3) is 0 Å². The van der Waals surface area contributed by atoms with Gasteiger partial charge in [-0.15, -0.1) is 0 Å². The molecule has 2 aromatic rings. The van der Waals surface area contributed by atoms with Crippen molar-refractivity contribution in [3.8, 4) is 11.8 Å². The first-order valence-corrected chi connectivity index (χ1v) is 7.79. The van der Waals surface area contributed by atoms with Crippen LogP contribution in [0.3, 0.4) is 0 Å². The molecular weight excluding hydrogens is 356 g/mol. The van der Waals surface area contributed by atoms with Crippen LogP contribution in [0.5, 0.6) is 11.8 Å². The zero-order chi connectivity index (χ0) is 15.4. The van der Waals surface area contributed by atoms with Crippen molar-refractivity contribution in [2.24, 2.45) is 0 Å². The van der Waals surface area contributed by atoms with Crippen molar-refractivity contribution in [1.29, 1.82) is 0 Å². The van der Waals surface area contributed by atoms with Gasteiger partial charge in [-0.05, 0) is 48.2 Å². The first kappa shape index (κ1) is 16.0. The molecule has 0 fully saturated rings. The Morgan fingerprint density at radius 1 is 1.29 bits per heavy atom. The maximum atomic E-state index is 5.89. The third-order valence-electron chi connectivity index (χ3n) is 2.72. The highest BCUT2D eigenvalue weighted by molar-refractivity contribution is 9.10. The third kappa shape index (κ3) is 4.28. The fourth-order valence-corrected chi connectivity index (χ4v) is 2.31. The van der Waals surface area contributed by atoms with Crippen LogP contribution in [0.4, 0.5) is 5.95 Å². The standard InChI is InChI=1S/C14H16BrClN4O/c1-4-17-13-18-12(16)19-14(20-13)21-11-6-5-9(15)7-10(11)8(2)3/h5-8H,4H2,1-3H3,(H,17,18,19,20). The molecule has 2 rings (SSSR count). The summed E-state index contributed by atoms with van der Waals surface area (Å²) in [6.45, 7) is 6.83. The van der Waals surface area contributed by atoms with Crippen molar-refractivity contribution in [3.63, 3.8) is 0 Å². The van der Waals surface area contributed by atoms with Crippen molar-refractivity contribution >= 4 is 33.5 Å². The number of benzene rings is 1. The third-order valence-corrected chi connectivity index (χ3v) is 3.38. The van der Waals surface area contributed by atoms with Crippen molar-refractivity contribution in [1.82, 2.24) is 15.0 Å². The maximum absolute atomic E-state index is 5.89. The van der Waals surface area contributed by atoms with Crippen LogP contribution in [-0.2, 0) is 0 Å². The van der Waals surface area contributed by atoms with Crippen LogP contribution in [0, 0.1) is 0 Å². The van der Waals surface area contributed by atoms with Crippen LogP contribution < -0.4 is 10.1 Å². The Hall–Kier alpha value is -1.40. The molecule has 5 nitrogen and oxygen atoms in total. The smallest absolute Gasteiger partial charge is 0.328 e. The summed E-state index contributed by atoms with van der Waals surface area (Å²) in [7, 11) is 0. The molecule has 0 radical (unpaired) electrons. The van der Waals surface area contributed by atoms with Gasteiger partial charge in [0.1, 0.15) is 5.75 Å². The Kier molecular flexibility index (Phi) is 5.36. The molecule has 0 spiro atoms. The van der Waals surface area contributed by atoms with Crippen LogP contribution in [-0.4, -0.2) is 21.5 Å². The quantitative estimate of drug-likeness (QED) is 0.830. The molecule has 0 saturated carbocycles. The van der Waals surface area contributed by atoms with E-state index < -0.39 is 0 Å². The first-order chi connectivity index (χ1) is 9.99. The molecule has 112 valence electrons. The predicted molar refractivity (Wildman–Crippen MR) is 87.3 cm³/mol. The Morgan fingerprint density at radius 2 is 2.05 bits per heavy atom. The van der Waals surface area contributed by atoms with E-state index in [9.17, 15) is 0 Å². The molecule has 0 amide bonds. The lowest BCUT2D eigenvalue weighted by molar-refractivity contribution is 0.433. The van der Waals surface area contributed by atoms with Gasteiger partial charge in [-0.25, -0.2) is 0 Å². The Labute approximate surface area is 137 Å². The maximum Gasteiger partial charge on any atom is 0.328 e. The van der Waals surface area contributed by atoms with Crippen LogP contribution >= 0.6 is 27.5 Å². The van der Waals surface area contributed by atoms with Gasteiger partial charge in [0.25, 0.3) is 0 Å². The fraction of sp³-hybridized carbons (Fsp3) is 0.357. The Bertz CT molecular complexity index is 636. The summed E-state index contributed by atoms with van der Waals surface area (Å²) >= 11 is 9.36. The van der Waals surface area contributed by atoms with Gasteiger partial charge >= 0.3 is 6.01 Å². The van der Waals surface area contributed by atoms with E-state index in [1.165, 1.54) is 0 Å². The number of aromatic nitrogens is 3. The van der Waals surface area contributed by atoms with E-state index in [1.807, 2.05) is 25.1 Å². The summed E-state index contributed by atoms with van der Waals surface area (Å²) in [6.07, 6.45) is 0. The van der Waals surface area contributed by atoms with Gasteiger partial charge in [-0.2, -0.15) is 15.0 Å². The largest absolute Gasteiger partial charge is 0.424 e. The lowest BCUT2D eigenvalue weighted by Crippen LogP contribution is -2.05. The SMILES string of the molecule is CCNc1nc(Cl)nc(Oc2ccc(Br)cc2C(C)C)n1. The molecule has 0 saturated heterocycles. The predicted octanol–water partition coefficient (Wildman–Crippen LogP) is 4.64. The molecule has 0 bridgehead atoms. The van der Waals surface area contributed by atoms with Crippen molar-refractivity contribution < 1.29 is 4.74 Å². The van der Waals surface area contributed by atoms with Gasteiger partial charge in [0, 0.05) is 11.0 Å². The topological polar surface area (TPSA) is 59.9 Å². The van der Waals surface area contributed by atoms with E-state index >= 15 is 0 Å². The number of halogens is 2. The molecule has 0 aliphatic rings. The van der Waals surface area contributed by atoms with Crippen molar-refractivity contribution in [2.75, 3.05) is 11.9 Å². The second kappa shape index (κ2) is 7.04. The van der Waals surface area contributed by atoms with Gasteiger partial charge in [0.2, 0.25) is 11.2 Å². The second-order valence-electron chi connectivity index (χ2n) is 4.68. The minimum absolute atomic E-state index is 0.0964. The summed E-state index contributed by atoms with van der Waals surface area (Å²) in [6, 6.07) is 5.99. The minimum atomic E-state index is 0.0964. The number of ether oxygens (including phenoxy) is 1. The molecule has 21 heavy (non-hydrogen) atoms. The molecular formula is C14H16BrClN4O. The van der Waals surface area contributed by atoms with E-state index in [0.29, 0.717) is 24.2 Å². The average molecular weight is 372 g/mol. The zero-order valence-electron chi connectivity index (χ0n) is 12.0. The molecule has 0 atom stereocenters. The molecule has 1 aromatic heterocycles. The lowest BCUT2D eigenvalue weighted by atomic mass is 10.0. The highest BCUT2D eigenvalue weighted by atomic mass is 79.9. The van der Waals surface area contributed by atoms with Crippen LogP contribution in [0.15, 0.2) is 22.7 Å². The number of rotatable bonds is 5. The van der Waals surface area contributed by atoms with Gasteiger partial charge in [0.15, 0.2) is 0 Å². The van der Waals surface area contributed by atoms with E-state index in [-0.39, 0.29) is 11.3 Å². The zero-order valence-corrected chi connectivity index (χ0v) is 14.4. The van der Waals surface area contributed by atoms with E-state index in [2.05, 4.69) is 50.0 Å². The number of anilines is 1. The summed E-state index contributed by atoms with van der Waals surface area (Å²) in [5.41, 5.74) is 1.06. The molecule has 1 N–H and O–H groups in total. The molecule has 7 heteroatoms. The van der Waals surface area contributed by atoms with E-state index in [4.69, 9.17) is 16.3 Å². The van der Waals surface area contributed by atoms with E-state index in [1.54, 1.807) is 0 Å². The van der Waals surface area contributed by atoms with Crippen LogP contribution in [0.2, 0.25) is 5.28 Å². The van der Waals surface area contributed by atoms with Crippen molar-refractivity contribution in [3.05, 3.63) is 33.5 Å². The number of nitrogens with one attached hydrogen (secondary N) is 1. The second-order valence-corrected chi connectivity index (χ2v) is 5.93. The summed E-state index contributed by atoms with van der Waals surface area (Å²) in [4.78, 5) is 12.2. The van der Waals surface area contributed by atoms with Gasteiger partial charge < -0.3 is 10.1 Å². The Morgan fingerprint density at radius 3 is 2.71 bits per heavy atom. The molecule has 0 unspecified atom stereocenters. The van der Waals surface area contributed by atoms with Crippen molar-refractivity contribution in [2.45, 2.75) is 26.7 Å². The van der Waals surface area contributed by atoms with Gasteiger partial charge in [-0.1, -0.05) is 29.8 Å². The van der Waals surface area contributed by atoms with E-state index in [0.717, 1.165) is 10.0 Å². The Balaban J connectivity index is 2.33. The number of hydrogen-bond acceptors (Lipinski definition) is 5. The first-order valence-electron chi connectivity index (χ1n) is 6.62. The van der Waals surface area contributed by atoms with Gasteiger partial charge in [0.05, 0.1) is 0 Å². The summed E-state index contributed by atoms with van der Waals surface area (Å²) in [5, 5.41) is 3.08. The number of hydrogen-bond donors (Lipinski definition) is 1. The van der Waals surface area contributed by atoms with Crippen LogP contribution in [0.1, 0.15) is 32.3 Å². The molecule has 0 aliphatic carbocycles. The monoisotopic (exact) mass is 370 g/mol. The number of nitrogens with zero attached hydrogens (tertiary/aromatic N) is 3. The van der Waals surface area contributed by atoms with Gasteiger partial charge in [-0.3, -0.25) is 0 Å². The molecule has 1 aromatic carbocycles. The highest BCUT2D eigenvalue weighted by Crippen LogP contribution is 2.32. The minimum Gasteiger partial charge on any atom is -0.424 e. The normalized spacial score (nSPS) is 10.8. The average Bonchev–Trinajstić information content (AvgIpc) is 2.40. The molecule has 0 aliphatic heterocycles.